The van der Waals surface area contributed by atoms with Crippen LogP contribution in [0.25, 0.3) is 22.2 Å². The van der Waals surface area contributed by atoms with Gasteiger partial charge in [0.2, 0.25) is 5.91 Å². The molecular formula is C19H17F3N4O. The molecule has 1 fully saturated rings. The van der Waals surface area contributed by atoms with Crippen LogP contribution in [0.5, 0.6) is 0 Å². The number of hydrogen-bond donors (Lipinski definition) is 0. The number of halogens is 3. The zero-order chi connectivity index (χ0) is 19.1. The third kappa shape index (κ3) is 3.27. The summed E-state index contributed by atoms with van der Waals surface area (Å²) in [6.45, 7) is 1.24. The largest absolute Gasteiger partial charge is 0.345 e. The molecule has 1 aliphatic rings. The van der Waals surface area contributed by atoms with E-state index >= 15 is 0 Å². The normalized spacial score (nSPS) is 17.4. The first-order chi connectivity index (χ1) is 12.9. The van der Waals surface area contributed by atoms with Crippen molar-refractivity contribution in [2.75, 3.05) is 13.6 Å². The average molecular weight is 374 g/mol. The summed E-state index contributed by atoms with van der Waals surface area (Å²) in [5, 5.41) is 4.35. The average Bonchev–Trinajstić information content (AvgIpc) is 3.18. The van der Waals surface area contributed by atoms with Gasteiger partial charge in [-0.3, -0.25) is 14.5 Å². The standard InChI is InChI=1S/C19H17F3N4O/c1-25-9-11(4-18(25)27)10-26-17-6-13(7-23-16(17)8-24-26)12-2-3-15(20)14(5-12)19(21)22/h2-3,5-8,11,19H,4,9-10H2,1H3. The molecule has 4 rings (SSSR count). The van der Waals surface area contributed by atoms with Gasteiger partial charge in [0.05, 0.1) is 17.3 Å². The van der Waals surface area contributed by atoms with Crippen LogP contribution in [0.4, 0.5) is 13.2 Å². The van der Waals surface area contributed by atoms with Gasteiger partial charge in [0.15, 0.2) is 0 Å². The summed E-state index contributed by atoms with van der Waals surface area (Å²) in [6, 6.07) is 5.44. The second-order valence-corrected chi connectivity index (χ2v) is 6.84. The molecule has 27 heavy (non-hydrogen) atoms. The van der Waals surface area contributed by atoms with E-state index in [2.05, 4.69) is 10.1 Å². The number of carbonyl (C=O) groups excluding carboxylic acids is 1. The summed E-state index contributed by atoms with van der Waals surface area (Å²) in [5.41, 5.74) is 1.86. The van der Waals surface area contributed by atoms with Gasteiger partial charge in [-0.1, -0.05) is 6.07 Å². The maximum atomic E-state index is 13.6. The smallest absolute Gasteiger partial charge is 0.266 e. The summed E-state index contributed by atoms with van der Waals surface area (Å²) in [7, 11) is 1.78. The molecule has 8 heteroatoms. The lowest BCUT2D eigenvalue weighted by Gasteiger charge is -2.11. The third-order valence-electron chi connectivity index (χ3n) is 4.91. The molecule has 1 aromatic carbocycles. The van der Waals surface area contributed by atoms with E-state index in [9.17, 15) is 18.0 Å². The number of nitrogens with zero attached hydrogens (tertiary/aromatic N) is 4. The Balaban J connectivity index is 1.68. The molecule has 1 amide bonds. The molecule has 2 aromatic heterocycles. The highest BCUT2D eigenvalue weighted by molar-refractivity contribution is 5.81. The van der Waals surface area contributed by atoms with E-state index in [1.807, 2.05) is 0 Å². The maximum absolute atomic E-state index is 13.6. The quantitative estimate of drug-likeness (QED) is 0.700. The first-order valence-corrected chi connectivity index (χ1v) is 8.56. The molecule has 0 N–H and O–H groups in total. The third-order valence-corrected chi connectivity index (χ3v) is 4.91. The van der Waals surface area contributed by atoms with E-state index in [1.165, 1.54) is 6.07 Å². The van der Waals surface area contributed by atoms with Gasteiger partial charge in [0, 0.05) is 44.2 Å². The lowest BCUT2D eigenvalue weighted by Crippen LogP contribution is -2.20. The van der Waals surface area contributed by atoms with Gasteiger partial charge in [0.25, 0.3) is 6.43 Å². The topological polar surface area (TPSA) is 51.0 Å². The van der Waals surface area contributed by atoms with Crippen LogP contribution in [0.1, 0.15) is 18.4 Å². The van der Waals surface area contributed by atoms with E-state index < -0.39 is 17.8 Å². The number of benzene rings is 1. The number of hydrogen-bond acceptors (Lipinski definition) is 3. The van der Waals surface area contributed by atoms with Crippen molar-refractivity contribution in [3.05, 3.63) is 48.0 Å². The summed E-state index contributed by atoms with van der Waals surface area (Å²) in [5.74, 6) is -0.658. The number of pyridine rings is 1. The van der Waals surface area contributed by atoms with Crippen LogP contribution in [0.3, 0.4) is 0 Å². The minimum atomic E-state index is -2.89. The zero-order valence-corrected chi connectivity index (χ0v) is 14.6. The van der Waals surface area contributed by atoms with Crippen LogP contribution in [-0.2, 0) is 11.3 Å². The number of aromatic nitrogens is 3. The lowest BCUT2D eigenvalue weighted by atomic mass is 10.0. The van der Waals surface area contributed by atoms with E-state index in [1.54, 1.807) is 35.1 Å². The van der Waals surface area contributed by atoms with Gasteiger partial charge in [0.1, 0.15) is 11.3 Å². The number of carbonyl (C=O) groups is 1. The number of likely N-dealkylation sites (tertiary alicyclic amines) is 1. The summed E-state index contributed by atoms with van der Waals surface area (Å²) < 4.78 is 41.3. The van der Waals surface area contributed by atoms with Crippen LogP contribution in [0.15, 0.2) is 36.7 Å². The Kier molecular flexibility index (Phi) is 4.33. The molecule has 1 atom stereocenters. The van der Waals surface area contributed by atoms with Crippen molar-refractivity contribution in [2.24, 2.45) is 5.92 Å². The fourth-order valence-electron chi connectivity index (χ4n) is 3.47. The highest BCUT2D eigenvalue weighted by atomic mass is 19.3. The molecule has 3 heterocycles. The Bertz CT molecular complexity index is 1020. The van der Waals surface area contributed by atoms with Crippen molar-refractivity contribution in [2.45, 2.75) is 19.4 Å². The van der Waals surface area contributed by atoms with Crippen molar-refractivity contribution in [3.8, 4) is 11.1 Å². The van der Waals surface area contributed by atoms with Crippen LogP contribution in [0, 0.1) is 11.7 Å². The number of alkyl halides is 2. The Labute approximate surface area is 153 Å². The predicted octanol–water partition coefficient (Wildman–Crippen LogP) is 3.65. The minimum absolute atomic E-state index is 0.112. The molecule has 0 radical (unpaired) electrons. The van der Waals surface area contributed by atoms with Crippen LogP contribution < -0.4 is 0 Å². The Morgan fingerprint density at radius 1 is 1.22 bits per heavy atom. The van der Waals surface area contributed by atoms with Crippen LogP contribution in [-0.4, -0.2) is 39.2 Å². The molecule has 0 aliphatic carbocycles. The van der Waals surface area contributed by atoms with Crippen LogP contribution >= 0.6 is 0 Å². The summed E-state index contributed by atoms with van der Waals surface area (Å²) in [4.78, 5) is 17.8. The molecule has 1 saturated heterocycles. The van der Waals surface area contributed by atoms with Crippen molar-refractivity contribution in [3.63, 3.8) is 0 Å². The fraction of sp³-hybridized carbons (Fsp3) is 0.316. The van der Waals surface area contributed by atoms with Gasteiger partial charge in [-0.15, -0.1) is 0 Å². The monoisotopic (exact) mass is 374 g/mol. The van der Waals surface area contributed by atoms with Crippen molar-refractivity contribution in [1.82, 2.24) is 19.7 Å². The summed E-state index contributed by atoms with van der Waals surface area (Å²) >= 11 is 0. The molecule has 5 nitrogen and oxygen atoms in total. The van der Waals surface area contributed by atoms with E-state index in [0.29, 0.717) is 36.2 Å². The van der Waals surface area contributed by atoms with E-state index in [0.717, 1.165) is 17.6 Å². The van der Waals surface area contributed by atoms with Crippen molar-refractivity contribution < 1.29 is 18.0 Å². The van der Waals surface area contributed by atoms with Crippen molar-refractivity contribution >= 4 is 16.9 Å². The van der Waals surface area contributed by atoms with E-state index in [4.69, 9.17) is 0 Å². The van der Waals surface area contributed by atoms with Gasteiger partial charge in [-0.2, -0.15) is 5.10 Å². The van der Waals surface area contributed by atoms with Gasteiger partial charge in [-0.25, -0.2) is 13.2 Å². The Morgan fingerprint density at radius 3 is 2.74 bits per heavy atom. The number of amides is 1. The molecule has 3 aromatic rings. The Morgan fingerprint density at radius 2 is 2.04 bits per heavy atom. The van der Waals surface area contributed by atoms with E-state index in [-0.39, 0.29) is 11.8 Å². The second kappa shape index (κ2) is 6.68. The molecule has 0 bridgehead atoms. The zero-order valence-electron chi connectivity index (χ0n) is 14.6. The van der Waals surface area contributed by atoms with Crippen LogP contribution in [0.2, 0.25) is 0 Å². The second-order valence-electron chi connectivity index (χ2n) is 6.84. The highest BCUT2D eigenvalue weighted by Crippen LogP contribution is 2.29. The molecule has 1 unspecified atom stereocenters. The number of rotatable bonds is 4. The first-order valence-electron chi connectivity index (χ1n) is 8.56. The molecule has 140 valence electrons. The minimum Gasteiger partial charge on any atom is -0.345 e. The number of fused-ring (bicyclic) bond motifs is 1. The fourth-order valence-corrected chi connectivity index (χ4v) is 3.47. The van der Waals surface area contributed by atoms with Crippen molar-refractivity contribution in [1.29, 1.82) is 0 Å². The molecule has 0 saturated carbocycles. The maximum Gasteiger partial charge on any atom is 0.266 e. The van der Waals surface area contributed by atoms with Gasteiger partial charge < -0.3 is 4.90 Å². The highest BCUT2D eigenvalue weighted by Gasteiger charge is 2.27. The summed E-state index contributed by atoms with van der Waals surface area (Å²) in [6.07, 6.45) is 0.781. The Hall–Kier alpha value is -2.90. The predicted molar refractivity (Wildman–Crippen MR) is 93.6 cm³/mol. The van der Waals surface area contributed by atoms with Gasteiger partial charge >= 0.3 is 0 Å². The first kappa shape index (κ1) is 17.5. The van der Waals surface area contributed by atoms with Gasteiger partial charge in [-0.05, 0) is 23.8 Å². The SMILES string of the molecule is CN1CC(Cn2ncc3ncc(-c4ccc(F)c(C(F)F)c4)cc32)CC1=O. The molecule has 1 aliphatic heterocycles. The molecular weight excluding hydrogens is 357 g/mol. The lowest BCUT2D eigenvalue weighted by molar-refractivity contribution is -0.126. The molecule has 0 spiro atoms.